The van der Waals surface area contributed by atoms with E-state index < -0.39 is 0 Å². The van der Waals surface area contributed by atoms with E-state index in [1.54, 1.807) is 19.3 Å². The molecule has 6 nitrogen and oxygen atoms in total. The van der Waals surface area contributed by atoms with Gasteiger partial charge in [-0.1, -0.05) is 0 Å². The zero-order chi connectivity index (χ0) is 9.68. The van der Waals surface area contributed by atoms with Gasteiger partial charge in [0.15, 0.2) is 5.96 Å². The minimum absolute atomic E-state index is 0.0433. The maximum atomic E-state index is 7.38. The summed E-state index contributed by atoms with van der Waals surface area (Å²) in [5, 5.41) is 22.3. The van der Waals surface area contributed by atoms with Crippen molar-refractivity contribution in [1.29, 1.82) is 10.8 Å². The number of aromatic nitrogens is 1. The first-order valence-corrected chi connectivity index (χ1v) is 3.74. The summed E-state index contributed by atoms with van der Waals surface area (Å²) in [6.45, 7) is 0. The number of guanidine groups is 2. The summed E-state index contributed by atoms with van der Waals surface area (Å²) in [6, 6.07) is 3.61. The van der Waals surface area contributed by atoms with Gasteiger partial charge in [-0.15, -0.1) is 0 Å². The first kappa shape index (κ1) is 9.11. The number of nitrogens with one attached hydrogen (secondary N) is 6. The maximum absolute atomic E-state index is 7.38. The molecule has 0 saturated heterocycles. The van der Waals surface area contributed by atoms with Gasteiger partial charge in [0.1, 0.15) is 5.82 Å². The molecule has 0 aliphatic rings. The van der Waals surface area contributed by atoms with Crippen molar-refractivity contribution in [2.24, 2.45) is 0 Å². The highest BCUT2D eigenvalue weighted by molar-refractivity contribution is 6.02. The first-order valence-electron chi connectivity index (χ1n) is 3.74. The molecule has 0 aliphatic heterocycles. The van der Waals surface area contributed by atoms with Crippen LogP contribution in [-0.4, -0.2) is 24.0 Å². The van der Waals surface area contributed by atoms with Crippen LogP contribution >= 0.6 is 0 Å². The van der Waals surface area contributed by atoms with Crippen LogP contribution in [0.2, 0.25) is 0 Å². The van der Waals surface area contributed by atoms with E-state index >= 15 is 0 Å². The van der Waals surface area contributed by atoms with E-state index in [9.17, 15) is 0 Å². The van der Waals surface area contributed by atoms with Crippen molar-refractivity contribution in [3.05, 3.63) is 18.3 Å². The smallest absolute Gasteiger partial charge is 0.200 e. The zero-order valence-electron chi connectivity index (χ0n) is 7.23. The standard InChI is InChI=1S/C7H12N6/c1-10-6(8)13-7(9)12-5-3-2-4-11-5/h2-4,11H,1H3,(H5,8,9,10,12,13). The second kappa shape index (κ2) is 4.15. The lowest BCUT2D eigenvalue weighted by molar-refractivity contribution is 1.05. The Morgan fingerprint density at radius 1 is 1.38 bits per heavy atom. The first-order chi connectivity index (χ1) is 6.22. The molecule has 0 unspecified atom stereocenters. The second-order valence-electron chi connectivity index (χ2n) is 2.33. The van der Waals surface area contributed by atoms with Crippen molar-refractivity contribution in [2.45, 2.75) is 0 Å². The fraction of sp³-hybridized carbons (Fsp3) is 0.143. The van der Waals surface area contributed by atoms with Crippen molar-refractivity contribution in [2.75, 3.05) is 12.4 Å². The molecule has 1 aromatic rings. The molecule has 0 aliphatic carbocycles. The van der Waals surface area contributed by atoms with Crippen LogP contribution in [0, 0.1) is 10.8 Å². The van der Waals surface area contributed by atoms with Gasteiger partial charge < -0.3 is 15.6 Å². The number of anilines is 1. The molecule has 0 spiro atoms. The SMILES string of the molecule is CNC(=N)NC(=N)Nc1ccc[nH]1. The van der Waals surface area contributed by atoms with E-state index in [-0.39, 0.29) is 11.9 Å². The van der Waals surface area contributed by atoms with E-state index in [0.29, 0.717) is 5.82 Å². The fourth-order valence-corrected chi connectivity index (χ4v) is 0.762. The normalized spacial score (nSPS) is 9.00. The van der Waals surface area contributed by atoms with E-state index in [1.807, 2.05) is 6.07 Å². The second-order valence-corrected chi connectivity index (χ2v) is 2.33. The molecule has 0 amide bonds. The minimum Gasteiger partial charge on any atom is -0.359 e. The van der Waals surface area contributed by atoms with Gasteiger partial charge in [0, 0.05) is 13.2 Å². The molecule has 6 heteroatoms. The summed E-state index contributed by atoms with van der Waals surface area (Å²) >= 11 is 0. The number of hydrogen-bond donors (Lipinski definition) is 6. The molecule has 6 N–H and O–H groups in total. The summed E-state index contributed by atoms with van der Waals surface area (Å²) in [5.74, 6) is 0.826. The van der Waals surface area contributed by atoms with E-state index in [2.05, 4.69) is 20.9 Å². The largest absolute Gasteiger partial charge is 0.359 e. The molecular weight excluding hydrogens is 168 g/mol. The molecule has 0 radical (unpaired) electrons. The molecule has 0 fully saturated rings. The van der Waals surface area contributed by atoms with Gasteiger partial charge in [-0.05, 0) is 12.1 Å². The lowest BCUT2D eigenvalue weighted by Gasteiger charge is -2.08. The van der Waals surface area contributed by atoms with Crippen molar-refractivity contribution in [3.63, 3.8) is 0 Å². The van der Waals surface area contributed by atoms with Crippen molar-refractivity contribution < 1.29 is 0 Å². The maximum Gasteiger partial charge on any atom is 0.200 e. The van der Waals surface area contributed by atoms with Crippen LogP contribution in [0.3, 0.4) is 0 Å². The van der Waals surface area contributed by atoms with E-state index in [1.165, 1.54) is 0 Å². The quantitative estimate of drug-likeness (QED) is 0.273. The van der Waals surface area contributed by atoms with Gasteiger partial charge >= 0.3 is 0 Å². The molecule has 13 heavy (non-hydrogen) atoms. The summed E-state index contributed by atoms with van der Waals surface area (Å²) in [7, 11) is 1.61. The Morgan fingerprint density at radius 2 is 2.15 bits per heavy atom. The lowest BCUT2D eigenvalue weighted by atomic mass is 10.6. The Balaban J connectivity index is 2.38. The fourth-order valence-electron chi connectivity index (χ4n) is 0.762. The lowest BCUT2D eigenvalue weighted by Crippen LogP contribution is -2.41. The highest BCUT2D eigenvalue weighted by atomic mass is 15.2. The van der Waals surface area contributed by atoms with Crippen LogP contribution in [0.4, 0.5) is 5.82 Å². The number of aromatic amines is 1. The molecule has 0 bridgehead atoms. The third kappa shape index (κ3) is 2.86. The monoisotopic (exact) mass is 180 g/mol. The number of H-pyrrole nitrogens is 1. The molecule has 1 rings (SSSR count). The topological polar surface area (TPSA) is 99.6 Å². The molecular formula is C7H12N6. The minimum atomic E-state index is 0.0433. The Kier molecular flexibility index (Phi) is 2.91. The van der Waals surface area contributed by atoms with Gasteiger partial charge in [-0.25, -0.2) is 0 Å². The third-order valence-electron chi connectivity index (χ3n) is 1.36. The molecule has 0 atom stereocenters. The summed E-state index contributed by atoms with van der Waals surface area (Å²) in [4.78, 5) is 2.88. The summed E-state index contributed by atoms with van der Waals surface area (Å²) in [6.07, 6.45) is 1.75. The van der Waals surface area contributed by atoms with Crippen LogP contribution in [0.25, 0.3) is 0 Å². The molecule has 0 aromatic carbocycles. The molecule has 0 saturated carbocycles. The van der Waals surface area contributed by atoms with Crippen LogP contribution in [-0.2, 0) is 0 Å². The Bertz CT molecular complexity index is 288. The predicted molar refractivity (Wildman–Crippen MR) is 52.1 cm³/mol. The van der Waals surface area contributed by atoms with Crippen LogP contribution < -0.4 is 16.0 Å². The Hall–Kier alpha value is -1.98. The van der Waals surface area contributed by atoms with Gasteiger partial charge in [0.05, 0.1) is 0 Å². The van der Waals surface area contributed by atoms with Gasteiger partial charge in [-0.2, -0.15) is 0 Å². The zero-order valence-corrected chi connectivity index (χ0v) is 7.23. The predicted octanol–water partition coefficient (Wildman–Crippen LogP) is 0.105. The number of rotatable bonds is 1. The number of hydrogen-bond acceptors (Lipinski definition) is 2. The van der Waals surface area contributed by atoms with Crippen LogP contribution in [0.1, 0.15) is 0 Å². The van der Waals surface area contributed by atoms with Crippen LogP contribution in [0.5, 0.6) is 0 Å². The average Bonchev–Trinajstić information content (AvgIpc) is 2.56. The van der Waals surface area contributed by atoms with E-state index in [4.69, 9.17) is 10.8 Å². The highest BCUT2D eigenvalue weighted by Crippen LogP contribution is 1.99. The average molecular weight is 180 g/mol. The Labute approximate surface area is 75.8 Å². The van der Waals surface area contributed by atoms with Crippen LogP contribution in [0.15, 0.2) is 18.3 Å². The molecule has 1 aromatic heterocycles. The highest BCUT2D eigenvalue weighted by Gasteiger charge is 1.98. The van der Waals surface area contributed by atoms with Crippen molar-refractivity contribution in [1.82, 2.24) is 15.6 Å². The van der Waals surface area contributed by atoms with Crippen molar-refractivity contribution in [3.8, 4) is 0 Å². The molecule has 1 heterocycles. The third-order valence-corrected chi connectivity index (χ3v) is 1.36. The van der Waals surface area contributed by atoms with Crippen molar-refractivity contribution >= 4 is 17.7 Å². The molecule has 70 valence electrons. The van der Waals surface area contributed by atoms with Gasteiger partial charge in [0.2, 0.25) is 5.96 Å². The van der Waals surface area contributed by atoms with Gasteiger partial charge in [0.25, 0.3) is 0 Å². The van der Waals surface area contributed by atoms with E-state index in [0.717, 1.165) is 0 Å². The Morgan fingerprint density at radius 3 is 2.69 bits per heavy atom. The summed E-state index contributed by atoms with van der Waals surface area (Å²) < 4.78 is 0. The summed E-state index contributed by atoms with van der Waals surface area (Å²) in [5.41, 5.74) is 0. The van der Waals surface area contributed by atoms with Gasteiger partial charge in [-0.3, -0.25) is 16.1 Å².